The minimum absolute atomic E-state index is 0.0276. The van der Waals surface area contributed by atoms with Gasteiger partial charge in [0.2, 0.25) is 5.91 Å². The van der Waals surface area contributed by atoms with Gasteiger partial charge in [0.15, 0.2) is 0 Å². The Kier molecular flexibility index (Phi) is 5.62. The Balaban J connectivity index is 1.64. The number of carbonyl (C=O) groups is 1. The van der Waals surface area contributed by atoms with Gasteiger partial charge in [-0.2, -0.15) is 4.31 Å². The fourth-order valence-corrected chi connectivity index (χ4v) is 6.41. The van der Waals surface area contributed by atoms with Gasteiger partial charge in [-0.3, -0.25) is 4.79 Å². The van der Waals surface area contributed by atoms with Crippen LogP contribution in [0.1, 0.15) is 45.4 Å². The molecule has 2 fully saturated rings. The average Bonchev–Trinajstić information content (AvgIpc) is 3.12. The van der Waals surface area contributed by atoms with Crippen molar-refractivity contribution in [2.24, 2.45) is 11.8 Å². The number of thiophene rings is 1. The highest BCUT2D eigenvalue weighted by atomic mass is 32.2. The summed E-state index contributed by atoms with van der Waals surface area (Å²) in [6.45, 7) is 3.00. The first-order valence-electron chi connectivity index (χ1n) is 8.82. The van der Waals surface area contributed by atoms with Crippen molar-refractivity contribution in [2.75, 3.05) is 13.1 Å². The van der Waals surface area contributed by atoms with Gasteiger partial charge >= 0.3 is 0 Å². The van der Waals surface area contributed by atoms with Crippen LogP contribution >= 0.6 is 11.3 Å². The standard InChI is InChI=1S/C17H26N2O3S2/c1-13-6-2-3-8-15(13)18-17(20)14-7-4-10-19(12-14)24(21,22)16-9-5-11-23-16/h5,9,11,13-15H,2-4,6-8,10,12H2,1H3,(H,18,20)/t13-,14+,15-/m0/s1. The van der Waals surface area contributed by atoms with Gasteiger partial charge in [-0.15, -0.1) is 11.3 Å². The van der Waals surface area contributed by atoms with Crippen LogP contribution in [-0.2, 0) is 14.8 Å². The second kappa shape index (κ2) is 7.54. The Morgan fingerprint density at radius 1 is 1.25 bits per heavy atom. The molecule has 3 atom stereocenters. The van der Waals surface area contributed by atoms with E-state index in [2.05, 4.69) is 12.2 Å². The fourth-order valence-electron chi connectivity index (χ4n) is 3.74. The molecule has 2 aliphatic rings. The van der Waals surface area contributed by atoms with E-state index in [1.807, 2.05) is 0 Å². The molecule has 1 aliphatic carbocycles. The second-order valence-electron chi connectivity index (χ2n) is 7.01. The van der Waals surface area contributed by atoms with Crippen LogP contribution in [0.5, 0.6) is 0 Å². The maximum absolute atomic E-state index is 12.7. The van der Waals surface area contributed by atoms with Crippen molar-refractivity contribution in [3.8, 4) is 0 Å². The minimum Gasteiger partial charge on any atom is -0.353 e. The van der Waals surface area contributed by atoms with Crippen molar-refractivity contribution in [2.45, 2.75) is 55.7 Å². The molecule has 1 saturated heterocycles. The lowest BCUT2D eigenvalue weighted by molar-refractivity contribution is -0.127. The van der Waals surface area contributed by atoms with Gasteiger partial charge in [0.1, 0.15) is 4.21 Å². The summed E-state index contributed by atoms with van der Waals surface area (Å²) in [6, 6.07) is 3.62. The third-order valence-corrected chi connectivity index (χ3v) is 8.52. The molecule has 5 nitrogen and oxygen atoms in total. The molecule has 1 aromatic heterocycles. The molecule has 24 heavy (non-hydrogen) atoms. The fraction of sp³-hybridized carbons (Fsp3) is 0.706. The van der Waals surface area contributed by atoms with Crippen molar-refractivity contribution in [3.63, 3.8) is 0 Å². The van der Waals surface area contributed by atoms with Crippen LogP contribution in [0.25, 0.3) is 0 Å². The van der Waals surface area contributed by atoms with Gasteiger partial charge < -0.3 is 5.32 Å². The summed E-state index contributed by atoms with van der Waals surface area (Å²) < 4.78 is 27.2. The van der Waals surface area contributed by atoms with E-state index >= 15 is 0 Å². The normalized spacial score (nSPS) is 29.3. The summed E-state index contributed by atoms with van der Waals surface area (Å²) in [7, 11) is -3.46. The molecule has 3 rings (SSSR count). The number of sulfonamides is 1. The Labute approximate surface area is 148 Å². The Bertz CT molecular complexity index is 657. The quantitative estimate of drug-likeness (QED) is 0.886. The van der Waals surface area contributed by atoms with Crippen LogP contribution < -0.4 is 5.32 Å². The SMILES string of the molecule is C[C@H]1CCCC[C@@H]1NC(=O)[C@@H]1CCCN(S(=O)(=O)c2cccs2)C1. The first kappa shape index (κ1) is 17.9. The topological polar surface area (TPSA) is 66.5 Å². The third kappa shape index (κ3) is 3.83. The molecule has 0 spiro atoms. The molecule has 2 heterocycles. The molecule has 1 amide bonds. The third-order valence-electron chi connectivity index (χ3n) is 5.28. The van der Waals surface area contributed by atoms with Gasteiger partial charge in [0, 0.05) is 19.1 Å². The largest absolute Gasteiger partial charge is 0.353 e. The molecule has 0 radical (unpaired) electrons. The zero-order valence-corrected chi connectivity index (χ0v) is 15.7. The minimum atomic E-state index is -3.46. The lowest BCUT2D eigenvalue weighted by atomic mass is 9.85. The van der Waals surface area contributed by atoms with E-state index < -0.39 is 10.0 Å². The lowest BCUT2D eigenvalue weighted by Crippen LogP contribution is -2.49. The molecule has 1 aromatic rings. The summed E-state index contributed by atoms with van der Waals surface area (Å²) in [5.41, 5.74) is 0. The highest BCUT2D eigenvalue weighted by Gasteiger charge is 2.35. The van der Waals surface area contributed by atoms with Crippen LogP contribution in [0, 0.1) is 11.8 Å². The number of carbonyl (C=O) groups excluding carboxylic acids is 1. The van der Waals surface area contributed by atoms with Crippen molar-refractivity contribution in [3.05, 3.63) is 17.5 Å². The molecule has 134 valence electrons. The molecular weight excluding hydrogens is 344 g/mol. The number of nitrogens with zero attached hydrogens (tertiary/aromatic N) is 1. The molecule has 7 heteroatoms. The monoisotopic (exact) mass is 370 g/mol. The van der Waals surface area contributed by atoms with Crippen LogP contribution in [0.4, 0.5) is 0 Å². The predicted molar refractivity (Wildman–Crippen MR) is 95.4 cm³/mol. The highest BCUT2D eigenvalue weighted by molar-refractivity contribution is 7.91. The maximum Gasteiger partial charge on any atom is 0.252 e. The lowest BCUT2D eigenvalue weighted by Gasteiger charge is -2.34. The number of hydrogen-bond donors (Lipinski definition) is 1. The molecule has 1 saturated carbocycles. The van der Waals surface area contributed by atoms with E-state index in [9.17, 15) is 13.2 Å². The molecule has 1 aliphatic heterocycles. The summed E-state index contributed by atoms with van der Waals surface area (Å²) >= 11 is 1.23. The van der Waals surface area contributed by atoms with E-state index in [-0.39, 0.29) is 17.9 Å². The van der Waals surface area contributed by atoms with E-state index in [1.165, 1.54) is 28.5 Å². The van der Waals surface area contributed by atoms with Gasteiger partial charge in [-0.1, -0.05) is 25.8 Å². The summed E-state index contributed by atoms with van der Waals surface area (Å²) in [4.78, 5) is 12.6. The van der Waals surface area contributed by atoms with Gasteiger partial charge in [-0.25, -0.2) is 8.42 Å². The number of rotatable bonds is 4. The molecule has 0 aromatic carbocycles. The van der Waals surface area contributed by atoms with Crippen LogP contribution in [0.15, 0.2) is 21.7 Å². The van der Waals surface area contributed by atoms with Crippen LogP contribution in [0.3, 0.4) is 0 Å². The van der Waals surface area contributed by atoms with Gasteiger partial charge in [-0.05, 0) is 43.0 Å². The summed E-state index contributed by atoms with van der Waals surface area (Å²) in [5.74, 6) is 0.305. The van der Waals surface area contributed by atoms with E-state index in [0.717, 1.165) is 25.7 Å². The Morgan fingerprint density at radius 3 is 2.75 bits per heavy atom. The van der Waals surface area contributed by atoms with Crippen molar-refractivity contribution in [1.29, 1.82) is 0 Å². The summed E-state index contributed by atoms with van der Waals surface area (Å²) in [6.07, 6.45) is 6.11. The highest BCUT2D eigenvalue weighted by Crippen LogP contribution is 2.28. The van der Waals surface area contributed by atoms with Crippen molar-refractivity contribution < 1.29 is 13.2 Å². The number of hydrogen-bond acceptors (Lipinski definition) is 4. The Morgan fingerprint density at radius 2 is 2.04 bits per heavy atom. The maximum atomic E-state index is 12.7. The molecule has 0 bridgehead atoms. The summed E-state index contributed by atoms with van der Waals surface area (Å²) in [5, 5.41) is 4.96. The van der Waals surface area contributed by atoms with Crippen LogP contribution in [0.2, 0.25) is 0 Å². The average molecular weight is 371 g/mol. The zero-order chi connectivity index (χ0) is 17.2. The van der Waals surface area contributed by atoms with Gasteiger partial charge in [0.05, 0.1) is 5.92 Å². The van der Waals surface area contributed by atoms with Crippen molar-refractivity contribution in [1.82, 2.24) is 9.62 Å². The number of piperidine rings is 1. The number of amides is 1. The molecular formula is C17H26N2O3S2. The smallest absolute Gasteiger partial charge is 0.252 e. The van der Waals surface area contributed by atoms with E-state index in [0.29, 0.717) is 23.2 Å². The zero-order valence-electron chi connectivity index (χ0n) is 14.1. The van der Waals surface area contributed by atoms with E-state index in [4.69, 9.17) is 0 Å². The molecule has 0 unspecified atom stereocenters. The first-order valence-corrected chi connectivity index (χ1v) is 11.1. The predicted octanol–water partition coefficient (Wildman–Crippen LogP) is 2.84. The van der Waals surface area contributed by atoms with Crippen LogP contribution in [-0.4, -0.2) is 37.8 Å². The number of nitrogens with one attached hydrogen (secondary N) is 1. The first-order chi connectivity index (χ1) is 11.5. The second-order valence-corrected chi connectivity index (χ2v) is 10.1. The van der Waals surface area contributed by atoms with Crippen molar-refractivity contribution >= 4 is 27.3 Å². The van der Waals surface area contributed by atoms with E-state index in [1.54, 1.807) is 17.5 Å². The Hall–Kier alpha value is -0.920. The van der Waals surface area contributed by atoms with Gasteiger partial charge in [0.25, 0.3) is 10.0 Å². The molecule has 1 N–H and O–H groups in total.